The predicted molar refractivity (Wildman–Crippen MR) is 65.2 cm³/mol. The Kier molecular flexibility index (Phi) is 2.89. The van der Waals surface area contributed by atoms with E-state index in [0.29, 0.717) is 10.7 Å². The van der Waals surface area contributed by atoms with Crippen LogP contribution in [-0.2, 0) is 0 Å². The van der Waals surface area contributed by atoms with Gasteiger partial charge in [0.1, 0.15) is 5.82 Å². The molecule has 0 N–H and O–H groups in total. The molecule has 0 aromatic heterocycles. The lowest BCUT2D eigenvalue weighted by Crippen LogP contribution is -2.13. The van der Waals surface area contributed by atoms with Gasteiger partial charge < -0.3 is 0 Å². The molecule has 2 unspecified atom stereocenters. The van der Waals surface area contributed by atoms with Gasteiger partial charge in [0.15, 0.2) is 0 Å². The molecule has 0 heterocycles. The van der Waals surface area contributed by atoms with Crippen molar-refractivity contribution < 1.29 is 4.39 Å². The first-order chi connectivity index (χ1) is 7.02. The maximum Gasteiger partial charge on any atom is 0.126 e. The lowest BCUT2D eigenvalue weighted by atomic mass is 9.79. The fourth-order valence-corrected chi connectivity index (χ4v) is 3.52. The highest BCUT2D eigenvalue weighted by atomic mass is 79.9. The fraction of sp³-hybridized carbons (Fsp3) is 0.538. The average molecular weight is 271 g/mol. The van der Waals surface area contributed by atoms with Crippen molar-refractivity contribution in [3.8, 4) is 0 Å². The van der Waals surface area contributed by atoms with E-state index in [4.69, 9.17) is 0 Å². The summed E-state index contributed by atoms with van der Waals surface area (Å²) in [5.41, 5.74) is 4.49. The summed E-state index contributed by atoms with van der Waals surface area (Å²) < 4.78 is 13.6. The van der Waals surface area contributed by atoms with Crippen LogP contribution in [0.25, 0.3) is 0 Å². The van der Waals surface area contributed by atoms with Gasteiger partial charge in [0, 0.05) is 4.83 Å². The van der Waals surface area contributed by atoms with Crippen molar-refractivity contribution in [1.82, 2.24) is 0 Å². The molecule has 1 aliphatic rings. The van der Waals surface area contributed by atoms with Crippen molar-refractivity contribution in [2.45, 2.75) is 44.4 Å². The van der Waals surface area contributed by atoms with E-state index >= 15 is 0 Å². The minimum Gasteiger partial charge on any atom is -0.207 e. The number of fused-ring (bicyclic) bond motifs is 1. The first kappa shape index (κ1) is 11.1. The Morgan fingerprint density at radius 2 is 1.93 bits per heavy atom. The van der Waals surface area contributed by atoms with Gasteiger partial charge in [-0.15, -0.1) is 0 Å². The van der Waals surface area contributed by atoms with E-state index in [1.165, 1.54) is 17.5 Å². The highest BCUT2D eigenvalue weighted by Gasteiger charge is 2.27. The Bertz CT molecular complexity index is 398. The van der Waals surface area contributed by atoms with Gasteiger partial charge in [0.05, 0.1) is 0 Å². The van der Waals surface area contributed by atoms with Gasteiger partial charge >= 0.3 is 0 Å². The summed E-state index contributed by atoms with van der Waals surface area (Å²) >= 11 is 3.67. The second-order valence-electron chi connectivity index (χ2n) is 4.57. The van der Waals surface area contributed by atoms with Gasteiger partial charge in [-0.25, -0.2) is 4.39 Å². The number of aryl methyl sites for hydroxylation is 1. The summed E-state index contributed by atoms with van der Waals surface area (Å²) in [4.78, 5) is 0.332. The lowest BCUT2D eigenvalue weighted by Gasteiger charge is -2.30. The molecule has 0 bridgehead atoms. The van der Waals surface area contributed by atoms with Crippen LogP contribution in [0.1, 0.15) is 52.8 Å². The molecule has 2 rings (SSSR count). The molecule has 0 aliphatic heterocycles. The van der Waals surface area contributed by atoms with E-state index in [1.807, 2.05) is 13.8 Å². The summed E-state index contributed by atoms with van der Waals surface area (Å²) in [6, 6.07) is 1.68. The second kappa shape index (κ2) is 3.89. The molecule has 1 aromatic rings. The summed E-state index contributed by atoms with van der Waals surface area (Å²) in [6.07, 6.45) is 2.30. The Morgan fingerprint density at radius 1 is 1.27 bits per heavy atom. The zero-order chi connectivity index (χ0) is 11.2. The van der Waals surface area contributed by atoms with Crippen molar-refractivity contribution in [3.05, 3.63) is 34.1 Å². The normalized spacial score (nSPS) is 25.1. The third kappa shape index (κ3) is 1.73. The molecule has 0 amide bonds. The summed E-state index contributed by atoms with van der Waals surface area (Å²) in [5.74, 6) is 0.498. The van der Waals surface area contributed by atoms with Crippen molar-refractivity contribution in [3.63, 3.8) is 0 Å². The molecule has 0 fully saturated rings. The molecule has 1 aromatic carbocycles. The number of hydrogen-bond donors (Lipinski definition) is 0. The van der Waals surface area contributed by atoms with E-state index in [-0.39, 0.29) is 5.82 Å². The van der Waals surface area contributed by atoms with Gasteiger partial charge in [-0.3, -0.25) is 0 Å². The topological polar surface area (TPSA) is 0 Å². The van der Waals surface area contributed by atoms with Crippen LogP contribution in [0.15, 0.2) is 6.07 Å². The standard InChI is InChI=1S/C13H16BrF/c1-7-4-5-10(14)13-9(3)11(15)6-8(2)12(7)13/h6-7,10H,4-5H2,1-3H3. The fourth-order valence-electron chi connectivity index (χ4n) is 2.66. The minimum absolute atomic E-state index is 0.0650. The summed E-state index contributed by atoms with van der Waals surface area (Å²) in [5, 5.41) is 0. The summed E-state index contributed by atoms with van der Waals surface area (Å²) in [7, 11) is 0. The first-order valence-corrected chi connectivity index (χ1v) is 6.37. The van der Waals surface area contributed by atoms with Gasteiger partial charge in [-0.2, -0.15) is 0 Å². The third-order valence-electron chi connectivity index (χ3n) is 3.48. The number of halogens is 2. The highest BCUT2D eigenvalue weighted by Crippen LogP contribution is 2.45. The Morgan fingerprint density at radius 3 is 2.60 bits per heavy atom. The van der Waals surface area contributed by atoms with Crippen LogP contribution in [0.3, 0.4) is 0 Å². The Balaban J connectivity index is 2.71. The second-order valence-corrected chi connectivity index (χ2v) is 5.68. The van der Waals surface area contributed by atoms with Crippen LogP contribution in [0, 0.1) is 19.7 Å². The maximum atomic E-state index is 13.6. The molecular formula is C13H16BrF. The maximum absolute atomic E-state index is 13.6. The van der Waals surface area contributed by atoms with E-state index in [1.54, 1.807) is 6.07 Å². The highest BCUT2D eigenvalue weighted by molar-refractivity contribution is 9.09. The number of alkyl halides is 1. The van der Waals surface area contributed by atoms with E-state index in [2.05, 4.69) is 22.9 Å². The van der Waals surface area contributed by atoms with Crippen molar-refractivity contribution in [2.75, 3.05) is 0 Å². The van der Waals surface area contributed by atoms with E-state index in [0.717, 1.165) is 17.5 Å². The SMILES string of the molecule is Cc1cc(F)c(C)c2c1C(C)CCC2Br. The molecule has 1 aliphatic carbocycles. The van der Waals surface area contributed by atoms with Crippen LogP contribution in [-0.4, -0.2) is 0 Å². The minimum atomic E-state index is -0.0650. The van der Waals surface area contributed by atoms with Crippen LogP contribution in [0.2, 0.25) is 0 Å². The third-order valence-corrected chi connectivity index (χ3v) is 4.40. The Hall–Kier alpha value is -0.370. The molecule has 0 spiro atoms. The lowest BCUT2D eigenvalue weighted by molar-refractivity contribution is 0.562. The largest absolute Gasteiger partial charge is 0.207 e. The number of hydrogen-bond acceptors (Lipinski definition) is 0. The molecule has 82 valence electrons. The molecule has 15 heavy (non-hydrogen) atoms. The molecule has 2 heteroatoms. The predicted octanol–water partition coefficient (Wildman–Crippen LogP) is 4.78. The zero-order valence-corrected chi connectivity index (χ0v) is 11.0. The van der Waals surface area contributed by atoms with Crippen molar-refractivity contribution in [2.24, 2.45) is 0 Å². The van der Waals surface area contributed by atoms with Crippen LogP contribution < -0.4 is 0 Å². The van der Waals surface area contributed by atoms with Gasteiger partial charge in [0.2, 0.25) is 0 Å². The van der Waals surface area contributed by atoms with Gasteiger partial charge in [-0.05, 0) is 60.9 Å². The molecule has 0 nitrogen and oxygen atoms in total. The first-order valence-electron chi connectivity index (χ1n) is 5.46. The van der Waals surface area contributed by atoms with Crippen molar-refractivity contribution >= 4 is 15.9 Å². The summed E-state index contributed by atoms with van der Waals surface area (Å²) in [6.45, 7) is 6.14. The average Bonchev–Trinajstić information content (AvgIpc) is 2.18. The molecule has 0 saturated heterocycles. The van der Waals surface area contributed by atoms with Crippen LogP contribution >= 0.6 is 15.9 Å². The van der Waals surface area contributed by atoms with Crippen LogP contribution in [0.5, 0.6) is 0 Å². The molecule has 2 atom stereocenters. The molecule has 0 radical (unpaired) electrons. The number of benzene rings is 1. The van der Waals surface area contributed by atoms with Gasteiger partial charge in [-0.1, -0.05) is 22.9 Å². The monoisotopic (exact) mass is 270 g/mol. The van der Waals surface area contributed by atoms with E-state index < -0.39 is 0 Å². The Labute approximate surface area is 99.0 Å². The zero-order valence-electron chi connectivity index (χ0n) is 9.40. The number of rotatable bonds is 0. The smallest absolute Gasteiger partial charge is 0.126 e. The van der Waals surface area contributed by atoms with Crippen LogP contribution in [0.4, 0.5) is 4.39 Å². The molecule has 0 saturated carbocycles. The molecular weight excluding hydrogens is 255 g/mol. The van der Waals surface area contributed by atoms with Crippen molar-refractivity contribution in [1.29, 1.82) is 0 Å². The van der Waals surface area contributed by atoms with Gasteiger partial charge in [0.25, 0.3) is 0 Å². The van der Waals surface area contributed by atoms with E-state index in [9.17, 15) is 4.39 Å². The quantitative estimate of drug-likeness (QED) is 0.596.